The van der Waals surface area contributed by atoms with Crippen LogP contribution in [-0.4, -0.2) is 39.8 Å². The van der Waals surface area contributed by atoms with Gasteiger partial charge in [-0.3, -0.25) is 4.79 Å². The summed E-state index contributed by atoms with van der Waals surface area (Å²) in [5, 5.41) is 5.93. The van der Waals surface area contributed by atoms with Gasteiger partial charge in [0.2, 0.25) is 0 Å². The zero-order valence-corrected chi connectivity index (χ0v) is 8.02. The van der Waals surface area contributed by atoms with Crippen molar-refractivity contribution in [3.8, 4) is 0 Å². The van der Waals surface area contributed by atoms with E-state index in [9.17, 15) is 4.79 Å². The van der Waals surface area contributed by atoms with Crippen LogP contribution in [0.3, 0.4) is 0 Å². The maximum Gasteiger partial charge on any atom is 0.322 e. The van der Waals surface area contributed by atoms with E-state index < -0.39 is 0 Å². The smallest absolute Gasteiger partial charge is 0.322 e. The topological polar surface area (TPSA) is 50.4 Å². The van der Waals surface area contributed by atoms with Crippen molar-refractivity contribution < 1.29 is 9.53 Å². The van der Waals surface area contributed by atoms with E-state index >= 15 is 0 Å². The molecule has 12 heavy (non-hydrogen) atoms. The number of hydrogen-bond acceptors (Lipinski definition) is 4. The molecule has 2 N–H and O–H groups in total. The Kier molecular flexibility index (Phi) is 6.70. The van der Waals surface area contributed by atoms with E-state index in [-0.39, 0.29) is 12.0 Å². The van der Waals surface area contributed by atoms with Crippen LogP contribution in [-0.2, 0) is 9.53 Å². The van der Waals surface area contributed by atoms with Crippen LogP contribution in [0.1, 0.15) is 12.8 Å². The third-order valence-corrected chi connectivity index (χ3v) is 1.75. The molecule has 0 aromatic heterocycles. The maximum atomic E-state index is 11.0. The lowest BCUT2D eigenvalue weighted by molar-refractivity contribution is -0.143. The number of hydrogen-bond donors (Lipinski definition) is 2. The van der Waals surface area contributed by atoms with Crippen LogP contribution in [0.2, 0.25) is 0 Å². The van der Waals surface area contributed by atoms with Gasteiger partial charge < -0.3 is 15.4 Å². The third-order valence-electron chi connectivity index (χ3n) is 1.75. The minimum Gasteiger partial charge on any atom is -0.468 e. The molecule has 0 saturated carbocycles. The summed E-state index contributed by atoms with van der Waals surface area (Å²) in [4.78, 5) is 11.0. The molecule has 0 amide bonds. The highest BCUT2D eigenvalue weighted by molar-refractivity contribution is 5.75. The van der Waals surface area contributed by atoms with Crippen molar-refractivity contribution in [2.75, 3.05) is 27.7 Å². The Morgan fingerprint density at radius 2 is 2.17 bits per heavy atom. The van der Waals surface area contributed by atoms with Gasteiger partial charge in [-0.15, -0.1) is 0 Å². The number of nitrogens with one attached hydrogen (secondary N) is 2. The van der Waals surface area contributed by atoms with E-state index in [0.29, 0.717) is 0 Å². The first-order valence-corrected chi connectivity index (χ1v) is 4.16. The zero-order valence-electron chi connectivity index (χ0n) is 8.02. The van der Waals surface area contributed by atoms with Gasteiger partial charge in [0.1, 0.15) is 6.04 Å². The number of methoxy groups -OCH3 is 1. The minimum absolute atomic E-state index is 0.164. The fraction of sp³-hybridized carbons (Fsp3) is 0.875. The standard InChI is InChI=1S/C8H18N2O2/c1-9-6-4-5-7(10-2)8(11)12-3/h7,9-10H,4-6H2,1-3H3/t7-/m0/s1. The van der Waals surface area contributed by atoms with Crippen molar-refractivity contribution in [1.82, 2.24) is 10.6 Å². The molecule has 0 saturated heterocycles. The lowest BCUT2D eigenvalue weighted by atomic mass is 10.1. The van der Waals surface area contributed by atoms with Crippen molar-refractivity contribution >= 4 is 5.97 Å². The second-order valence-electron chi connectivity index (χ2n) is 2.61. The van der Waals surface area contributed by atoms with Crippen molar-refractivity contribution in [2.24, 2.45) is 0 Å². The van der Waals surface area contributed by atoms with Crippen LogP contribution in [0, 0.1) is 0 Å². The van der Waals surface area contributed by atoms with Gasteiger partial charge >= 0.3 is 5.97 Å². The van der Waals surface area contributed by atoms with Crippen LogP contribution >= 0.6 is 0 Å². The molecular weight excluding hydrogens is 156 g/mol. The van der Waals surface area contributed by atoms with Gasteiger partial charge in [-0.25, -0.2) is 0 Å². The van der Waals surface area contributed by atoms with Crippen LogP contribution in [0.5, 0.6) is 0 Å². The highest BCUT2D eigenvalue weighted by Crippen LogP contribution is 1.97. The van der Waals surface area contributed by atoms with Gasteiger partial charge in [0.15, 0.2) is 0 Å². The second-order valence-corrected chi connectivity index (χ2v) is 2.61. The monoisotopic (exact) mass is 174 g/mol. The van der Waals surface area contributed by atoms with Crippen LogP contribution in [0.25, 0.3) is 0 Å². The zero-order chi connectivity index (χ0) is 9.40. The first-order chi connectivity index (χ1) is 5.76. The van der Waals surface area contributed by atoms with Crippen LogP contribution in [0.4, 0.5) is 0 Å². The molecule has 0 aromatic carbocycles. The predicted octanol–water partition coefficient (Wildman–Crippen LogP) is -0.253. The molecular formula is C8H18N2O2. The Morgan fingerprint density at radius 1 is 1.50 bits per heavy atom. The average molecular weight is 174 g/mol. The van der Waals surface area contributed by atoms with Crippen molar-refractivity contribution in [3.05, 3.63) is 0 Å². The molecule has 0 heterocycles. The SMILES string of the molecule is CNCCC[C@H](NC)C(=O)OC. The summed E-state index contributed by atoms with van der Waals surface area (Å²) in [6, 6.07) is -0.164. The van der Waals surface area contributed by atoms with E-state index in [1.54, 1.807) is 7.05 Å². The molecule has 0 aromatic rings. The van der Waals surface area contributed by atoms with Gasteiger partial charge in [0, 0.05) is 0 Å². The number of carbonyl (C=O) groups excluding carboxylic acids is 1. The Bertz CT molecular complexity index is 128. The fourth-order valence-electron chi connectivity index (χ4n) is 1.01. The highest BCUT2D eigenvalue weighted by Gasteiger charge is 2.15. The summed E-state index contributed by atoms with van der Waals surface area (Å²) in [5.74, 6) is -0.186. The molecule has 0 aliphatic rings. The first-order valence-electron chi connectivity index (χ1n) is 4.16. The van der Waals surface area contributed by atoms with Gasteiger partial charge in [-0.2, -0.15) is 0 Å². The number of rotatable bonds is 6. The average Bonchev–Trinajstić information content (AvgIpc) is 2.11. The lowest BCUT2D eigenvalue weighted by Crippen LogP contribution is -2.35. The number of esters is 1. The Morgan fingerprint density at radius 3 is 2.58 bits per heavy atom. The summed E-state index contributed by atoms with van der Waals surface area (Å²) < 4.78 is 4.61. The normalized spacial score (nSPS) is 12.6. The van der Waals surface area contributed by atoms with E-state index in [1.807, 2.05) is 7.05 Å². The molecule has 0 rings (SSSR count). The van der Waals surface area contributed by atoms with Gasteiger partial charge in [0.05, 0.1) is 7.11 Å². The maximum absolute atomic E-state index is 11.0. The van der Waals surface area contributed by atoms with Crippen molar-refractivity contribution in [3.63, 3.8) is 0 Å². The summed E-state index contributed by atoms with van der Waals surface area (Å²) in [6.07, 6.45) is 1.78. The Labute approximate surface area is 73.7 Å². The van der Waals surface area contributed by atoms with Gasteiger partial charge in [-0.1, -0.05) is 0 Å². The van der Waals surface area contributed by atoms with E-state index in [0.717, 1.165) is 19.4 Å². The minimum atomic E-state index is -0.186. The lowest BCUT2D eigenvalue weighted by Gasteiger charge is -2.12. The van der Waals surface area contributed by atoms with Crippen molar-refractivity contribution in [2.45, 2.75) is 18.9 Å². The first kappa shape index (κ1) is 11.4. The molecule has 4 nitrogen and oxygen atoms in total. The van der Waals surface area contributed by atoms with Crippen molar-refractivity contribution in [1.29, 1.82) is 0 Å². The molecule has 4 heteroatoms. The molecule has 0 fully saturated rings. The summed E-state index contributed by atoms with van der Waals surface area (Å²) in [6.45, 7) is 0.926. The summed E-state index contributed by atoms with van der Waals surface area (Å²) in [7, 11) is 5.07. The number of ether oxygens (including phenoxy) is 1. The van der Waals surface area contributed by atoms with E-state index in [2.05, 4.69) is 15.4 Å². The molecule has 72 valence electrons. The molecule has 0 bridgehead atoms. The summed E-state index contributed by atoms with van der Waals surface area (Å²) >= 11 is 0. The molecule has 0 spiro atoms. The van der Waals surface area contributed by atoms with E-state index in [4.69, 9.17) is 0 Å². The Balaban J connectivity index is 3.60. The van der Waals surface area contributed by atoms with E-state index in [1.165, 1.54) is 7.11 Å². The molecule has 0 aliphatic heterocycles. The molecule has 0 unspecified atom stereocenters. The van der Waals surface area contributed by atoms with Gasteiger partial charge in [-0.05, 0) is 33.5 Å². The third kappa shape index (κ3) is 4.31. The molecule has 1 atom stereocenters. The largest absolute Gasteiger partial charge is 0.468 e. The fourth-order valence-corrected chi connectivity index (χ4v) is 1.01. The predicted molar refractivity (Wildman–Crippen MR) is 48.0 cm³/mol. The molecule has 0 aliphatic carbocycles. The quantitative estimate of drug-likeness (QED) is 0.430. The molecule has 0 radical (unpaired) electrons. The number of carbonyl (C=O) groups is 1. The summed E-state index contributed by atoms with van der Waals surface area (Å²) in [5.41, 5.74) is 0. The van der Waals surface area contributed by atoms with Crippen LogP contribution in [0.15, 0.2) is 0 Å². The van der Waals surface area contributed by atoms with Gasteiger partial charge in [0.25, 0.3) is 0 Å². The van der Waals surface area contributed by atoms with Crippen LogP contribution < -0.4 is 10.6 Å². The number of likely N-dealkylation sites (N-methyl/N-ethyl adjacent to an activating group) is 1. The Hall–Kier alpha value is -0.610. The highest BCUT2D eigenvalue weighted by atomic mass is 16.5. The second kappa shape index (κ2) is 7.06.